The van der Waals surface area contributed by atoms with Crippen molar-refractivity contribution in [1.29, 1.82) is 0 Å². The number of nitrogens with zero attached hydrogens (tertiary/aromatic N) is 3. The fraction of sp³-hybridized carbons (Fsp3) is 0. The maximum atomic E-state index is 5.86. The van der Waals surface area contributed by atoms with Crippen LogP contribution in [0.1, 0.15) is 0 Å². The standard InChI is InChI=1S/C11H7BrClN5/c12-6-3-1-2-4-7(6)16-10-8-9(15-5-14-8)17-11(13)18-10/h1-5H,(H2,14,15,16,17,18). The summed E-state index contributed by atoms with van der Waals surface area (Å²) in [5.74, 6) is 0.592. The summed E-state index contributed by atoms with van der Waals surface area (Å²) in [5.41, 5.74) is 2.14. The molecule has 0 fully saturated rings. The molecule has 0 amide bonds. The topological polar surface area (TPSA) is 66.5 Å². The first-order valence-electron chi connectivity index (χ1n) is 5.12. The van der Waals surface area contributed by atoms with Crippen molar-refractivity contribution < 1.29 is 0 Å². The summed E-state index contributed by atoms with van der Waals surface area (Å²) in [7, 11) is 0. The van der Waals surface area contributed by atoms with Gasteiger partial charge in [0.15, 0.2) is 11.5 Å². The fourth-order valence-electron chi connectivity index (χ4n) is 1.59. The number of anilines is 2. The van der Waals surface area contributed by atoms with Crippen LogP contribution in [0.15, 0.2) is 35.1 Å². The van der Waals surface area contributed by atoms with Crippen LogP contribution in [0.25, 0.3) is 11.2 Å². The smallest absolute Gasteiger partial charge is 0.226 e. The van der Waals surface area contributed by atoms with E-state index in [-0.39, 0.29) is 5.28 Å². The van der Waals surface area contributed by atoms with Crippen molar-refractivity contribution in [3.63, 3.8) is 0 Å². The second-order valence-electron chi connectivity index (χ2n) is 3.55. The van der Waals surface area contributed by atoms with Crippen LogP contribution in [0.2, 0.25) is 5.28 Å². The van der Waals surface area contributed by atoms with Crippen LogP contribution in [-0.2, 0) is 0 Å². The Bertz CT molecular complexity index is 711. The number of nitrogens with one attached hydrogen (secondary N) is 2. The minimum Gasteiger partial charge on any atom is -0.340 e. The van der Waals surface area contributed by atoms with Crippen LogP contribution in [0.4, 0.5) is 11.5 Å². The van der Waals surface area contributed by atoms with Gasteiger partial charge in [-0.25, -0.2) is 4.98 Å². The molecule has 2 aromatic heterocycles. The molecule has 0 saturated carbocycles. The van der Waals surface area contributed by atoms with Crippen LogP contribution in [0, 0.1) is 0 Å². The summed E-state index contributed by atoms with van der Waals surface area (Å²) in [5, 5.41) is 3.35. The third-order valence-electron chi connectivity index (χ3n) is 2.39. The zero-order chi connectivity index (χ0) is 12.5. The Morgan fingerprint density at radius 1 is 1.22 bits per heavy atom. The van der Waals surface area contributed by atoms with E-state index in [1.165, 1.54) is 0 Å². The van der Waals surface area contributed by atoms with Gasteiger partial charge >= 0.3 is 0 Å². The molecule has 3 rings (SSSR count). The summed E-state index contributed by atoms with van der Waals surface area (Å²) in [6, 6.07) is 7.74. The van der Waals surface area contributed by atoms with Gasteiger partial charge in [-0.15, -0.1) is 0 Å². The zero-order valence-corrected chi connectivity index (χ0v) is 11.3. The van der Waals surface area contributed by atoms with E-state index in [1.807, 2.05) is 24.3 Å². The first-order valence-corrected chi connectivity index (χ1v) is 6.29. The molecule has 0 saturated heterocycles. The molecule has 0 aliphatic rings. The van der Waals surface area contributed by atoms with Crippen molar-refractivity contribution >= 4 is 50.2 Å². The Kier molecular flexibility index (Phi) is 2.89. The molecule has 90 valence electrons. The molecule has 0 spiro atoms. The van der Waals surface area contributed by atoms with Crippen molar-refractivity contribution in [2.24, 2.45) is 0 Å². The number of aromatic nitrogens is 4. The monoisotopic (exact) mass is 323 g/mol. The lowest BCUT2D eigenvalue weighted by molar-refractivity contribution is 1.20. The first-order chi connectivity index (χ1) is 8.74. The lowest BCUT2D eigenvalue weighted by Gasteiger charge is -2.08. The van der Waals surface area contributed by atoms with Crippen molar-refractivity contribution in [3.05, 3.63) is 40.3 Å². The largest absolute Gasteiger partial charge is 0.340 e. The van der Waals surface area contributed by atoms with E-state index in [4.69, 9.17) is 11.6 Å². The van der Waals surface area contributed by atoms with Crippen LogP contribution >= 0.6 is 27.5 Å². The number of hydrogen-bond acceptors (Lipinski definition) is 4. The number of benzene rings is 1. The number of imidazole rings is 1. The quantitative estimate of drug-likeness (QED) is 0.708. The van der Waals surface area contributed by atoms with Crippen LogP contribution in [-0.4, -0.2) is 19.9 Å². The molecule has 0 atom stereocenters. The van der Waals surface area contributed by atoms with Gasteiger partial charge in [-0.05, 0) is 39.7 Å². The summed E-state index contributed by atoms with van der Waals surface area (Å²) in [6.07, 6.45) is 1.56. The van der Waals surface area contributed by atoms with Gasteiger partial charge in [0.25, 0.3) is 0 Å². The number of fused-ring (bicyclic) bond motifs is 1. The number of hydrogen-bond donors (Lipinski definition) is 2. The Labute approximate surface area is 116 Å². The Balaban J connectivity index is 2.10. The zero-order valence-electron chi connectivity index (χ0n) is 8.98. The van der Waals surface area contributed by atoms with Gasteiger partial charge in [-0.3, -0.25) is 0 Å². The van der Waals surface area contributed by atoms with Crippen molar-refractivity contribution in [2.45, 2.75) is 0 Å². The van der Waals surface area contributed by atoms with E-state index in [1.54, 1.807) is 6.33 Å². The van der Waals surface area contributed by atoms with E-state index >= 15 is 0 Å². The molecule has 0 aliphatic heterocycles. The molecule has 7 heteroatoms. The molecule has 1 aromatic carbocycles. The number of para-hydroxylation sites is 1. The highest BCUT2D eigenvalue weighted by molar-refractivity contribution is 9.10. The third kappa shape index (κ3) is 2.04. The number of aromatic amines is 1. The van der Waals surface area contributed by atoms with Crippen LogP contribution in [0.5, 0.6) is 0 Å². The number of rotatable bonds is 2. The lowest BCUT2D eigenvalue weighted by atomic mass is 10.3. The summed E-state index contributed by atoms with van der Waals surface area (Å²) < 4.78 is 0.937. The highest BCUT2D eigenvalue weighted by Crippen LogP contribution is 2.27. The Morgan fingerprint density at radius 2 is 2.06 bits per heavy atom. The molecule has 0 unspecified atom stereocenters. The second-order valence-corrected chi connectivity index (χ2v) is 4.74. The summed E-state index contributed by atoms with van der Waals surface area (Å²) in [4.78, 5) is 15.2. The molecule has 3 aromatic rings. The third-order valence-corrected chi connectivity index (χ3v) is 3.25. The van der Waals surface area contributed by atoms with Gasteiger partial charge < -0.3 is 10.3 Å². The van der Waals surface area contributed by atoms with E-state index < -0.39 is 0 Å². The van der Waals surface area contributed by atoms with Gasteiger partial charge in [0.1, 0.15) is 5.52 Å². The molecule has 2 N–H and O–H groups in total. The second kappa shape index (κ2) is 4.55. The van der Waals surface area contributed by atoms with E-state index in [9.17, 15) is 0 Å². The normalized spacial score (nSPS) is 10.8. The summed E-state index contributed by atoms with van der Waals surface area (Å²) >= 11 is 9.32. The highest BCUT2D eigenvalue weighted by atomic mass is 79.9. The van der Waals surface area contributed by atoms with Gasteiger partial charge in [-0.2, -0.15) is 9.97 Å². The minimum absolute atomic E-state index is 0.157. The van der Waals surface area contributed by atoms with E-state index in [0.29, 0.717) is 11.5 Å². The molecular weight excluding hydrogens is 318 g/mol. The molecule has 0 bridgehead atoms. The maximum Gasteiger partial charge on any atom is 0.226 e. The average molecular weight is 325 g/mol. The van der Waals surface area contributed by atoms with Gasteiger partial charge in [0.2, 0.25) is 5.28 Å². The van der Waals surface area contributed by atoms with Gasteiger partial charge in [0.05, 0.1) is 12.0 Å². The Morgan fingerprint density at radius 3 is 2.89 bits per heavy atom. The summed E-state index contributed by atoms with van der Waals surface area (Å²) in [6.45, 7) is 0. The average Bonchev–Trinajstić information content (AvgIpc) is 2.80. The van der Waals surface area contributed by atoms with E-state index in [0.717, 1.165) is 15.7 Å². The predicted molar refractivity (Wildman–Crippen MR) is 74.1 cm³/mol. The van der Waals surface area contributed by atoms with E-state index in [2.05, 4.69) is 41.2 Å². The predicted octanol–water partition coefficient (Wildman–Crippen LogP) is 3.51. The molecular formula is C11H7BrClN5. The highest BCUT2D eigenvalue weighted by Gasteiger charge is 2.09. The molecule has 2 heterocycles. The maximum absolute atomic E-state index is 5.86. The van der Waals surface area contributed by atoms with Crippen molar-refractivity contribution in [3.8, 4) is 0 Å². The number of halogens is 2. The first kappa shape index (κ1) is 11.4. The van der Waals surface area contributed by atoms with Gasteiger partial charge in [-0.1, -0.05) is 12.1 Å². The van der Waals surface area contributed by atoms with Crippen LogP contribution < -0.4 is 5.32 Å². The SMILES string of the molecule is Clc1nc(Nc2ccccc2Br)c2[nH]cnc2n1. The molecule has 0 radical (unpaired) electrons. The fourth-order valence-corrected chi connectivity index (χ4v) is 2.14. The van der Waals surface area contributed by atoms with Crippen molar-refractivity contribution in [1.82, 2.24) is 19.9 Å². The minimum atomic E-state index is 0.157. The molecule has 0 aliphatic carbocycles. The number of H-pyrrole nitrogens is 1. The van der Waals surface area contributed by atoms with Gasteiger partial charge in [0, 0.05) is 4.47 Å². The lowest BCUT2D eigenvalue weighted by Crippen LogP contribution is -1.97. The molecule has 18 heavy (non-hydrogen) atoms. The van der Waals surface area contributed by atoms with Crippen molar-refractivity contribution in [2.75, 3.05) is 5.32 Å². The molecule has 5 nitrogen and oxygen atoms in total. The Hall–Kier alpha value is -1.66. The van der Waals surface area contributed by atoms with Crippen LogP contribution in [0.3, 0.4) is 0 Å².